The van der Waals surface area contributed by atoms with Gasteiger partial charge in [0.25, 0.3) is 5.91 Å². The van der Waals surface area contributed by atoms with Gasteiger partial charge in [-0.3, -0.25) is 4.79 Å². The predicted octanol–water partition coefficient (Wildman–Crippen LogP) is 2.03. The molecule has 1 aromatic rings. The molecule has 25 heavy (non-hydrogen) atoms. The van der Waals surface area contributed by atoms with Gasteiger partial charge < -0.3 is 23.8 Å². The lowest BCUT2D eigenvalue weighted by atomic mass is 10.1. The number of amides is 1. The van der Waals surface area contributed by atoms with Crippen LogP contribution in [0.25, 0.3) is 0 Å². The second kappa shape index (κ2) is 7.06. The van der Waals surface area contributed by atoms with Gasteiger partial charge in [0.15, 0.2) is 11.5 Å². The van der Waals surface area contributed by atoms with Gasteiger partial charge in [-0.05, 0) is 25.0 Å². The second-order valence-corrected chi connectivity index (χ2v) is 6.47. The summed E-state index contributed by atoms with van der Waals surface area (Å²) < 4.78 is 23.1. The van der Waals surface area contributed by atoms with Gasteiger partial charge in [-0.15, -0.1) is 6.58 Å². The van der Waals surface area contributed by atoms with Crippen LogP contribution in [0.15, 0.2) is 30.9 Å². The van der Waals surface area contributed by atoms with Crippen molar-refractivity contribution in [3.8, 4) is 11.5 Å². The maximum atomic E-state index is 13.2. The smallest absolute Gasteiger partial charge is 0.258 e. The molecule has 0 radical (unpaired) electrons. The number of hydrogen-bond donors (Lipinski definition) is 0. The molecule has 2 heterocycles. The van der Waals surface area contributed by atoms with Crippen LogP contribution in [0.2, 0.25) is 0 Å². The highest BCUT2D eigenvalue weighted by atomic mass is 16.6. The van der Waals surface area contributed by atoms with E-state index in [-0.39, 0.29) is 24.2 Å². The summed E-state index contributed by atoms with van der Waals surface area (Å²) in [5, 5.41) is 0. The van der Waals surface area contributed by atoms with E-state index in [1.807, 2.05) is 17.0 Å². The number of morpholine rings is 1. The summed E-state index contributed by atoms with van der Waals surface area (Å²) in [4.78, 5) is 15.1. The van der Waals surface area contributed by atoms with E-state index in [0.717, 1.165) is 12.8 Å². The van der Waals surface area contributed by atoms with Crippen molar-refractivity contribution in [2.45, 2.75) is 31.1 Å². The fourth-order valence-electron chi connectivity index (χ4n) is 3.93. The number of nitrogens with zero attached hydrogens (tertiary/aromatic N) is 1. The topological polar surface area (TPSA) is 57.2 Å². The Bertz CT molecular complexity index is 661. The van der Waals surface area contributed by atoms with E-state index in [4.69, 9.17) is 18.9 Å². The van der Waals surface area contributed by atoms with E-state index in [0.29, 0.717) is 50.0 Å². The van der Waals surface area contributed by atoms with Crippen molar-refractivity contribution >= 4 is 5.91 Å². The number of benzene rings is 1. The molecule has 2 aliphatic heterocycles. The first-order valence-electron chi connectivity index (χ1n) is 8.83. The molecule has 0 aromatic heterocycles. The first-order chi connectivity index (χ1) is 12.3. The summed E-state index contributed by atoms with van der Waals surface area (Å²) in [5.74, 6) is 1.17. The molecule has 0 bridgehead atoms. The molecule has 2 fully saturated rings. The number of ether oxygens (including phenoxy) is 4. The van der Waals surface area contributed by atoms with Crippen LogP contribution in [-0.2, 0) is 9.47 Å². The second-order valence-electron chi connectivity index (χ2n) is 6.47. The van der Waals surface area contributed by atoms with Crippen LogP contribution in [-0.4, -0.2) is 62.0 Å². The Kier molecular flexibility index (Phi) is 4.63. The van der Waals surface area contributed by atoms with Gasteiger partial charge >= 0.3 is 0 Å². The minimum atomic E-state index is -0.0747. The summed E-state index contributed by atoms with van der Waals surface area (Å²) in [7, 11) is 0. The first kappa shape index (κ1) is 16.4. The van der Waals surface area contributed by atoms with Crippen LogP contribution in [0.5, 0.6) is 11.5 Å². The summed E-state index contributed by atoms with van der Waals surface area (Å²) in [6.07, 6.45) is 3.45. The minimum Gasteiger partial charge on any atom is -0.486 e. The zero-order valence-corrected chi connectivity index (χ0v) is 14.2. The molecule has 4 rings (SSSR count). The summed E-state index contributed by atoms with van der Waals surface area (Å²) in [6.45, 7) is 6.27. The number of carbonyl (C=O) groups excluding carboxylic acids is 1. The van der Waals surface area contributed by atoms with Crippen LogP contribution in [0.4, 0.5) is 0 Å². The van der Waals surface area contributed by atoms with Crippen molar-refractivity contribution in [1.82, 2.24) is 4.90 Å². The standard InChI is InChI=1S/C19H23NO5/c1-2-9-22-16-7-6-14-18(16)24-10-8-20(14)19(21)13-4-3-5-15-17(13)25-12-11-23-15/h2-5,14,16,18H,1,6-12H2/t14-,16-,18+/m0/s1. The van der Waals surface area contributed by atoms with Gasteiger partial charge in [0.1, 0.15) is 19.3 Å². The lowest BCUT2D eigenvalue weighted by Crippen LogP contribution is -2.54. The van der Waals surface area contributed by atoms with Crippen LogP contribution in [0.3, 0.4) is 0 Å². The average molecular weight is 345 g/mol. The van der Waals surface area contributed by atoms with E-state index in [9.17, 15) is 4.79 Å². The third kappa shape index (κ3) is 3.00. The van der Waals surface area contributed by atoms with Gasteiger partial charge in [0.05, 0.1) is 30.9 Å². The lowest BCUT2D eigenvalue weighted by molar-refractivity contribution is -0.100. The highest BCUT2D eigenvalue weighted by molar-refractivity contribution is 5.98. The van der Waals surface area contributed by atoms with Crippen LogP contribution < -0.4 is 9.47 Å². The molecule has 6 heteroatoms. The largest absolute Gasteiger partial charge is 0.486 e. The van der Waals surface area contributed by atoms with E-state index in [1.54, 1.807) is 12.1 Å². The van der Waals surface area contributed by atoms with Crippen molar-refractivity contribution in [2.75, 3.05) is 33.0 Å². The Morgan fingerprint density at radius 1 is 1.28 bits per heavy atom. The average Bonchev–Trinajstić information content (AvgIpc) is 3.08. The molecule has 134 valence electrons. The molecule has 3 atom stereocenters. The Morgan fingerprint density at radius 3 is 3.04 bits per heavy atom. The molecule has 0 spiro atoms. The highest BCUT2D eigenvalue weighted by Gasteiger charge is 2.45. The van der Waals surface area contributed by atoms with Gasteiger partial charge in [-0.25, -0.2) is 0 Å². The Labute approximate surface area is 147 Å². The lowest BCUT2D eigenvalue weighted by Gasteiger charge is -2.39. The molecule has 0 unspecified atom stereocenters. The summed E-state index contributed by atoms with van der Waals surface area (Å²) in [6, 6.07) is 5.52. The fourth-order valence-corrected chi connectivity index (χ4v) is 3.93. The quantitative estimate of drug-likeness (QED) is 0.782. The van der Waals surface area contributed by atoms with E-state index >= 15 is 0 Å². The van der Waals surface area contributed by atoms with Crippen LogP contribution >= 0.6 is 0 Å². The number of carbonyl (C=O) groups is 1. The maximum Gasteiger partial charge on any atom is 0.258 e. The van der Waals surface area contributed by atoms with Crippen LogP contribution in [0.1, 0.15) is 23.2 Å². The molecule has 6 nitrogen and oxygen atoms in total. The zero-order chi connectivity index (χ0) is 17.2. The van der Waals surface area contributed by atoms with Crippen molar-refractivity contribution < 1.29 is 23.7 Å². The van der Waals surface area contributed by atoms with Crippen molar-refractivity contribution in [2.24, 2.45) is 0 Å². The highest BCUT2D eigenvalue weighted by Crippen LogP contribution is 2.37. The Hall–Kier alpha value is -2.05. The monoisotopic (exact) mass is 345 g/mol. The van der Waals surface area contributed by atoms with E-state index in [2.05, 4.69) is 6.58 Å². The zero-order valence-electron chi connectivity index (χ0n) is 14.2. The SMILES string of the molecule is C=CCO[C@H]1CC[C@H]2[C@H]1OCCN2C(=O)c1cccc2c1OCCO2. The Balaban J connectivity index is 1.56. The third-order valence-electron chi connectivity index (χ3n) is 5.02. The predicted molar refractivity (Wildman–Crippen MR) is 91.2 cm³/mol. The normalized spacial score (nSPS) is 27.7. The molecule has 1 saturated heterocycles. The third-order valence-corrected chi connectivity index (χ3v) is 5.02. The molecule has 3 aliphatic rings. The van der Waals surface area contributed by atoms with Crippen molar-refractivity contribution in [1.29, 1.82) is 0 Å². The molecule has 1 aromatic carbocycles. The van der Waals surface area contributed by atoms with E-state index < -0.39 is 0 Å². The maximum absolute atomic E-state index is 13.2. The minimum absolute atomic E-state index is 0.0165. The van der Waals surface area contributed by atoms with E-state index in [1.165, 1.54) is 0 Å². The van der Waals surface area contributed by atoms with Crippen molar-refractivity contribution in [3.05, 3.63) is 36.4 Å². The van der Waals surface area contributed by atoms with Gasteiger partial charge in [-0.2, -0.15) is 0 Å². The molecular weight excluding hydrogens is 322 g/mol. The fraction of sp³-hybridized carbons (Fsp3) is 0.526. The van der Waals surface area contributed by atoms with Crippen molar-refractivity contribution in [3.63, 3.8) is 0 Å². The molecule has 1 amide bonds. The summed E-state index contributed by atoms with van der Waals surface area (Å²) >= 11 is 0. The Morgan fingerprint density at radius 2 is 2.16 bits per heavy atom. The van der Waals surface area contributed by atoms with Gasteiger partial charge in [-0.1, -0.05) is 12.1 Å². The first-order valence-corrected chi connectivity index (χ1v) is 8.83. The number of fused-ring (bicyclic) bond motifs is 2. The molecule has 1 saturated carbocycles. The number of rotatable bonds is 4. The molecule has 1 aliphatic carbocycles. The number of para-hydroxylation sites is 1. The number of hydrogen-bond acceptors (Lipinski definition) is 5. The summed E-state index contributed by atoms with van der Waals surface area (Å²) in [5.41, 5.74) is 0.563. The van der Waals surface area contributed by atoms with Crippen LogP contribution in [0, 0.1) is 0 Å². The van der Waals surface area contributed by atoms with Gasteiger partial charge in [0.2, 0.25) is 0 Å². The van der Waals surface area contributed by atoms with Gasteiger partial charge in [0, 0.05) is 6.54 Å². The molecular formula is C19H23NO5. The molecule has 0 N–H and O–H groups in total.